The number of anilines is 1. The molecule has 1 aromatic carbocycles. The normalized spacial score (nSPS) is 11.5. The average Bonchev–Trinajstić information content (AvgIpc) is 3.09. The van der Waals surface area contributed by atoms with Crippen molar-refractivity contribution in [3.8, 4) is 5.69 Å². The van der Waals surface area contributed by atoms with Gasteiger partial charge in [-0.05, 0) is 41.1 Å². The van der Waals surface area contributed by atoms with Crippen molar-refractivity contribution in [1.82, 2.24) is 15.0 Å². The number of aryl methyl sites for hydroxylation is 1. The molecule has 114 valence electrons. The van der Waals surface area contributed by atoms with Crippen molar-refractivity contribution in [2.45, 2.75) is 11.1 Å². The van der Waals surface area contributed by atoms with E-state index in [1.807, 2.05) is 6.92 Å². The molecule has 2 heterocycles. The molecule has 0 fully saturated rings. The summed E-state index contributed by atoms with van der Waals surface area (Å²) in [6.07, 6.45) is 3.18. The molecule has 0 aliphatic carbocycles. The van der Waals surface area contributed by atoms with Crippen LogP contribution in [0.15, 0.2) is 51.4 Å². The van der Waals surface area contributed by atoms with Crippen molar-refractivity contribution in [1.29, 1.82) is 0 Å². The van der Waals surface area contributed by atoms with Crippen LogP contribution in [0.5, 0.6) is 0 Å². The van der Waals surface area contributed by atoms with Gasteiger partial charge < -0.3 is 0 Å². The van der Waals surface area contributed by atoms with Gasteiger partial charge in [0.25, 0.3) is 10.0 Å². The first-order valence-electron chi connectivity index (χ1n) is 6.22. The highest BCUT2D eigenvalue weighted by Crippen LogP contribution is 2.33. The first-order valence-corrected chi connectivity index (χ1v) is 9.31. The zero-order valence-electron chi connectivity index (χ0n) is 11.4. The van der Waals surface area contributed by atoms with E-state index in [2.05, 4.69) is 31.0 Å². The quantitative estimate of drug-likeness (QED) is 0.731. The largest absolute Gasteiger partial charge is 0.277 e. The number of hydrogen-bond donors (Lipinski definition) is 1. The van der Waals surface area contributed by atoms with Crippen LogP contribution in [0.2, 0.25) is 0 Å². The van der Waals surface area contributed by atoms with Gasteiger partial charge in [0.2, 0.25) is 0 Å². The summed E-state index contributed by atoms with van der Waals surface area (Å²) in [6.45, 7) is 1.86. The number of benzene rings is 1. The van der Waals surface area contributed by atoms with Gasteiger partial charge in [-0.15, -0.1) is 16.4 Å². The summed E-state index contributed by atoms with van der Waals surface area (Å²) in [5, 5.41) is 7.64. The number of nitrogens with one attached hydrogen (secondary N) is 1. The lowest BCUT2D eigenvalue weighted by atomic mass is 10.3. The second-order valence-electron chi connectivity index (χ2n) is 4.46. The third-order valence-corrected chi connectivity index (χ3v) is 6.94. The molecular formula is C13H11BrN4O2S2. The second-order valence-corrected chi connectivity index (χ2v) is 8.45. The summed E-state index contributed by atoms with van der Waals surface area (Å²) in [6, 6.07) is 8.79. The van der Waals surface area contributed by atoms with Crippen LogP contribution in [0, 0.1) is 6.92 Å². The SMILES string of the molecule is Cc1cc(Br)c(S(=O)(=O)Nc2ccccc2-n2ccnn2)s1. The van der Waals surface area contributed by atoms with E-state index in [9.17, 15) is 8.42 Å². The van der Waals surface area contributed by atoms with E-state index in [4.69, 9.17) is 0 Å². The van der Waals surface area contributed by atoms with E-state index in [1.54, 1.807) is 36.5 Å². The number of nitrogens with zero attached hydrogens (tertiary/aromatic N) is 3. The van der Waals surface area contributed by atoms with Gasteiger partial charge in [0.15, 0.2) is 4.21 Å². The molecule has 1 N–H and O–H groups in total. The van der Waals surface area contributed by atoms with E-state index in [0.29, 0.717) is 15.8 Å². The molecule has 0 radical (unpaired) electrons. The molecule has 3 rings (SSSR count). The van der Waals surface area contributed by atoms with Crippen LogP contribution in [0.3, 0.4) is 0 Å². The molecule has 9 heteroatoms. The summed E-state index contributed by atoms with van der Waals surface area (Å²) < 4.78 is 30.1. The molecule has 0 saturated heterocycles. The van der Waals surface area contributed by atoms with Crippen LogP contribution in [0.1, 0.15) is 4.88 Å². The van der Waals surface area contributed by atoms with Crippen molar-refractivity contribution in [2.24, 2.45) is 0 Å². The van der Waals surface area contributed by atoms with E-state index in [-0.39, 0.29) is 4.21 Å². The number of rotatable bonds is 4. The molecule has 2 aromatic heterocycles. The summed E-state index contributed by atoms with van der Waals surface area (Å²) in [5.41, 5.74) is 1.04. The molecule has 6 nitrogen and oxygen atoms in total. The Hall–Kier alpha value is -1.71. The Kier molecular flexibility index (Phi) is 4.02. The molecule has 0 aliphatic rings. The number of aromatic nitrogens is 3. The minimum absolute atomic E-state index is 0.249. The van der Waals surface area contributed by atoms with Crippen LogP contribution >= 0.6 is 27.3 Å². The molecule has 0 aliphatic heterocycles. The third-order valence-electron chi connectivity index (χ3n) is 2.84. The first kappa shape index (κ1) is 15.2. The maximum Gasteiger partial charge on any atom is 0.272 e. The molecule has 0 amide bonds. The smallest absolute Gasteiger partial charge is 0.272 e. The summed E-state index contributed by atoms with van der Waals surface area (Å²) in [5.74, 6) is 0. The Morgan fingerprint density at radius 3 is 2.73 bits per heavy atom. The fourth-order valence-corrected chi connectivity index (χ4v) is 5.76. The van der Waals surface area contributed by atoms with E-state index < -0.39 is 10.0 Å². The second kappa shape index (κ2) is 5.82. The minimum Gasteiger partial charge on any atom is -0.277 e. The van der Waals surface area contributed by atoms with E-state index in [0.717, 1.165) is 4.88 Å². The standard InChI is InChI=1S/C13H11BrN4O2S2/c1-9-8-10(14)13(21-9)22(19,20)16-11-4-2-3-5-12(11)18-7-6-15-17-18/h2-8,16H,1H3. The highest BCUT2D eigenvalue weighted by atomic mass is 79.9. The van der Waals surface area contributed by atoms with Crippen LogP contribution in [-0.4, -0.2) is 23.4 Å². The summed E-state index contributed by atoms with van der Waals surface area (Å²) in [4.78, 5) is 0.914. The number of sulfonamides is 1. The Balaban J connectivity index is 2.02. The van der Waals surface area contributed by atoms with Gasteiger partial charge in [-0.1, -0.05) is 17.3 Å². The van der Waals surface area contributed by atoms with E-state index >= 15 is 0 Å². The highest BCUT2D eigenvalue weighted by Gasteiger charge is 2.22. The maximum atomic E-state index is 12.6. The van der Waals surface area contributed by atoms with Crippen molar-refractivity contribution < 1.29 is 8.42 Å². The number of halogens is 1. The average molecular weight is 399 g/mol. The molecule has 0 bridgehead atoms. The van der Waals surface area contributed by atoms with Gasteiger partial charge in [-0.2, -0.15) is 0 Å². The van der Waals surface area contributed by atoms with Crippen LogP contribution < -0.4 is 4.72 Å². The Labute approximate surface area is 140 Å². The Morgan fingerprint density at radius 2 is 2.09 bits per heavy atom. The predicted octanol–water partition coefficient (Wildman–Crippen LogP) is 3.20. The van der Waals surface area contributed by atoms with Gasteiger partial charge in [0.1, 0.15) is 0 Å². The van der Waals surface area contributed by atoms with E-state index in [1.165, 1.54) is 22.2 Å². The molecule has 22 heavy (non-hydrogen) atoms. The number of para-hydroxylation sites is 2. The molecular weight excluding hydrogens is 388 g/mol. The van der Waals surface area contributed by atoms with Crippen molar-refractivity contribution in [3.63, 3.8) is 0 Å². The summed E-state index contributed by atoms with van der Waals surface area (Å²) in [7, 11) is -3.68. The summed E-state index contributed by atoms with van der Waals surface area (Å²) >= 11 is 4.50. The lowest BCUT2D eigenvalue weighted by Gasteiger charge is -2.11. The van der Waals surface area contributed by atoms with Crippen LogP contribution in [-0.2, 0) is 10.0 Å². The minimum atomic E-state index is -3.68. The molecule has 0 atom stereocenters. The van der Waals surface area contributed by atoms with Gasteiger partial charge in [0, 0.05) is 9.35 Å². The highest BCUT2D eigenvalue weighted by molar-refractivity contribution is 9.10. The molecule has 3 aromatic rings. The topological polar surface area (TPSA) is 76.9 Å². The molecule has 0 saturated carbocycles. The van der Waals surface area contributed by atoms with Crippen molar-refractivity contribution in [3.05, 3.63) is 52.1 Å². The first-order chi connectivity index (χ1) is 10.5. The Bertz CT molecular complexity index is 904. The van der Waals surface area contributed by atoms with Gasteiger partial charge >= 0.3 is 0 Å². The lowest BCUT2D eigenvalue weighted by Crippen LogP contribution is -2.14. The van der Waals surface area contributed by atoms with Crippen molar-refractivity contribution >= 4 is 43.0 Å². The van der Waals surface area contributed by atoms with Crippen LogP contribution in [0.25, 0.3) is 5.69 Å². The predicted molar refractivity (Wildman–Crippen MR) is 88.9 cm³/mol. The van der Waals surface area contributed by atoms with Crippen molar-refractivity contribution in [2.75, 3.05) is 4.72 Å². The van der Waals surface area contributed by atoms with Gasteiger partial charge in [-0.25, -0.2) is 13.1 Å². The number of thiophene rings is 1. The molecule has 0 unspecified atom stereocenters. The Morgan fingerprint density at radius 1 is 1.32 bits per heavy atom. The fraction of sp³-hybridized carbons (Fsp3) is 0.0769. The van der Waals surface area contributed by atoms with Gasteiger partial charge in [-0.3, -0.25) is 4.72 Å². The van der Waals surface area contributed by atoms with Gasteiger partial charge in [0.05, 0.1) is 23.8 Å². The number of hydrogen-bond acceptors (Lipinski definition) is 5. The van der Waals surface area contributed by atoms with Crippen LogP contribution in [0.4, 0.5) is 5.69 Å². The third kappa shape index (κ3) is 2.92. The maximum absolute atomic E-state index is 12.6. The molecule has 0 spiro atoms. The zero-order valence-corrected chi connectivity index (χ0v) is 14.6. The fourth-order valence-electron chi connectivity index (χ4n) is 1.93. The zero-order chi connectivity index (χ0) is 15.7. The monoisotopic (exact) mass is 398 g/mol. The lowest BCUT2D eigenvalue weighted by molar-refractivity contribution is 0.602.